The first-order valence-electron chi connectivity index (χ1n) is 4.89. The predicted molar refractivity (Wildman–Crippen MR) is 59.5 cm³/mol. The van der Waals surface area contributed by atoms with Gasteiger partial charge in [0.2, 0.25) is 0 Å². The van der Waals surface area contributed by atoms with Crippen LogP contribution in [-0.4, -0.2) is 23.2 Å². The Hall–Kier alpha value is -0.450. The van der Waals surface area contributed by atoms with Gasteiger partial charge in [0.05, 0.1) is 11.2 Å². The van der Waals surface area contributed by atoms with Gasteiger partial charge < -0.3 is 10.4 Å². The summed E-state index contributed by atoms with van der Waals surface area (Å²) >= 11 is 1.68. The zero-order chi connectivity index (χ0) is 10.6. The summed E-state index contributed by atoms with van der Waals surface area (Å²) < 4.78 is 0. The first kappa shape index (κ1) is 11.6. The molecule has 0 saturated carbocycles. The Morgan fingerprint density at radius 3 is 2.79 bits per heavy atom. The van der Waals surface area contributed by atoms with Crippen molar-refractivity contribution in [2.24, 2.45) is 5.92 Å². The SMILES string of the molecule is Cc1ncsc1C(C)NCC(C)CO. The Morgan fingerprint density at radius 1 is 1.57 bits per heavy atom. The van der Waals surface area contributed by atoms with Crippen LogP contribution in [0.15, 0.2) is 5.51 Å². The maximum absolute atomic E-state index is 8.88. The van der Waals surface area contributed by atoms with Crippen molar-refractivity contribution in [2.45, 2.75) is 26.8 Å². The molecule has 80 valence electrons. The van der Waals surface area contributed by atoms with E-state index < -0.39 is 0 Å². The van der Waals surface area contributed by atoms with Crippen molar-refractivity contribution in [1.82, 2.24) is 10.3 Å². The molecule has 1 rings (SSSR count). The highest BCUT2D eigenvalue weighted by atomic mass is 32.1. The van der Waals surface area contributed by atoms with Gasteiger partial charge in [-0.15, -0.1) is 11.3 Å². The van der Waals surface area contributed by atoms with E-state index in [9.17, 15) is 0 Å². The quantitative estimate of drug-likeness (QED) is 0.784. The number of nitrogens with one attached hydrogen (secondary N) is 1. The molecule has 0 saturated heterocycles. The van der Waals surface area contributed by atoms with Crippen LogP contribution in [0.25, 0.3) is 0 Å². The van der Waals surface area contributed by atoms with Crippen LogP contribution in [0, 0.1) is 12.8 Å². The van der Waals surface area contributed by atoms with Crippen molar-refractivity contribution >= 4 is 11.3 Å². The van der Waals surface area contributed by atoms with Crippen LogP contribution in [0.1, 0.15) is 30.5 Å². The van der Waals surface area contributed by atoms with E-state index in [1.807, 2.05) is 19.4 Å². The van der Waals surface area contributed by atoms with Gasteiger partial charge in [-0.25, -0.2) is 4.98 Å². The third-order valence-corrected chi connectivity index (χ3v) is 3.37. The molecule has 0 bridgehead atoms. The summed E-state index contributed by atoms with van der Waals surface area (Å²) in [7, 11) is 0. The van der Waals surface area contributed by atoms with Gasteiger partial charge in [0.15, 0.2) is 0 Å². The zero-order valence-corrected chi connectivity index (χ0v) is 9.77. The van der Waals surface area contributed by atoms with Crippen LogP contribution in [0.4, 0.5) is 0 Å². The van der Waals surface area contributed by atoms with Crippen molar-refractivity contribution in [3.63, 3.8) is 0 Å². The van der Waals surface area contributed by atoms with E-state index in [2.05, 4.69) is 17.2 Å². The molecule has 1 aromatic heterocycles. The van der Waals surface area contributed by atoms with E-state index in [-0.39, 0.29) is 6.61 Å². The maximum Gasteiger partial charge on any atom is 0.0798 e. The lowest BCUT2D eigenvalue weighted by atomic mass is 10.1. The Labute approximate surface area is 89.2 Å². The fourth-order valence-corrected chi connectivity index (χ4v) is 2.10. The molecule has 0 spiro atoms. The van der Waals surface area contributed by atoms with Crippen molar-refractivity contribution in [1.29, 1.82) is 0 Å². The fraction of sp³-hybridized carbons (Fsp3) is 0.700. The number of thiazole rings is 1. The van der Waals surface area contributed by atoms with Gasteiger partial charge in [-0.2, -0.15) is 0 Å². The van der Waals surface area contributed by atoms with Gasteiger partial charge in [-0.3, -0.25) is 0 Å². The Morgan fingerprint density at radius 2 is 2.29 bits per heavy atom. The molecule has 4 heteroatoms. The molecule has 2 atom stereocenters. The van der Waals surface area contributed by atoms with Crippen molar-refractivity contribution < 1.29 is 5.11 Å². The molecule has 1 aromatic rings. The van der Waals surface area contributed by atoms with E-state index in [4.69, 9.17) is 5.11 Å². The molecule has 0 aliphatic carbocycles. The average Bonchev–Trinajstić information content (AvgIpc) is 2.60. The minimum absolute atomic E-state index is 0.237. The largest absolute Gasteiger partial charge is 0.396 e. The normalized spacial score (nSPS) is 15.4. The third kappa shape index (κ3) is 3.04. The van der Waals surface area contributed by atoms with Crippen LogP contribution in [0.3, 0.4) is 0 Å². The van der Waals surface area contributed by atoms with Crippen LogP contribution in [0.5, 0.6) is 0 Å². The molecule has 0 amide bonds. The second kappa shape index (κ2) is 5.44. The summed E-state index contributed by atoms with van der Waals surface area (Å²) in [6.07, 6.45) is 0. The summed E-state index contributed by atoms with van der Waals surface area (Å²) in [6.45, 7) is 7.26. The van der Waals surface area contributed by atoms with Crippen molar-refractivity contribution in [2.75, 3.05) is 13.2 Å². The van der Waals surface area contributed by atoms with Crippen LogP contribution < -0.4 is 5.32 Å². The highest BCUT2D eigenvalue weighted by Crippen LogP contribution is 2.20. The van der Waals surface area contributed by atoms with Crippen LogP contribution >= 0.6 is 11.3 Å². The number of aryl methyl sites for hydroxylation is 1. The minimum Gasteiger partial charge on any atom is -0.396 e. The predicted octanol–water partition coefficient (Wildman–Crippen LogP) is 1.73. The van der Waals surface area contributed by atoms with E-state index in [1.165, 1.54) is 4.88 Å². The molecule has 2 N–H and O–H groups in total. The molecule has 1 heterocycles. The minimum atomic E-state index is 0.237. The van der Waals surface area contributed by atoms with Crippen LogP contribution in [0.2, 0.25) is 0 Å². The molecule has 3 nitrogen and oxygen atoms in total. The zero-order valence-electron chi connectivity index (χ0n) is 8.95. The maximum atomic E-state index is 8.88. The number of aliphatic hydroxyl groups excluding tert-OH is 1. The fourth-order valence-electron chi connectivity index (χ4n) is 1.26. The molecule has 0 aliphatic rings. The molecule has 0 radical (unpaired) electrons. The molecular weight excluding hydrogens is 196 g/mol. The van der Waals surface area contributed by atoms with E-state index >= 15 is 0 Å². The third-order valence-electron chi connectivity index (χ3n) is 2.26. The Bertz CT molecular complexity index is 275. The monoisotopic (exact) mass is 214 g/mol. The lowest BCUT2D eigenvalue weighted by molar-refractivity contribution is 0.231. The first-order chi connectivity index (χ1) is 6.65. The Balaban J connectivity index is 2.43. The topological polar surface area (TPSA) is 45.2 Å². The molecule has 2 unspecified atom stereocenters. The number of hydrogen-bond donors (Lipinski definition) is 2. The van der Waals surface area contributed by atoms with Gasteiger partial charge in [-0.05, 0) is 19.8 Å². The van der Waals surface area contributed by atoms with Crippen LogP contribution in [-0.2, 0) is 0 Å². The summed E-state index contributed by atoms with van der Waals surface area (Å²) in [5, 5.41) is 12.3. The summed E-state index contributed by atoms with van der Waals surface area (Å²) in [5.74, 6) is 0.311. The molecular formula is C10H18N2OS. The van der Waals surface area contributed by atoms with Crippen molar-refractivity contribution in [3.8, 4) is 0 Å². The van der Waals surface area contributed by atoms with E-state index in [1.54, 1.807) is 11.3 Å². The number of rotatable bonds is 5. The lowest BCUT2D eigenvalue weighted by Crippen LogP contribution is -2.25. The lowest BCUT2D eigenvalue weighted by Gasteiger charge is -2.15. The van der Waals surface area contributed by atoms with Gasteiger partial charge in [0.1, 0.15) is 0 Å². The summed E-state index contributed by atoms with van der Waals surface area (Å²) in [5.41, 5.74) is 2.98. The molecule has 0 fully saturated rings. The second-order valence-corrected chi connectivity index (χ2v) is 4.61. The second-order valence-electron chi connectivity index (χ2n) is 3.72. The number of hydrogen-bond acceptors (Lipinski definition) is 4. The smallest absolute Gasteiger partial charge is 0.0798 e. The standard InChI is InChI=1S/C10H18N2OS/c1-7(5-13)4-11-8(2)10-9(3)12-6-14-10/h6-8,11,13H,4-5H2,1-3H3. The highest BCUT2D eigenvalue weighted by molar-refractivity contribution is 7.09. The number of nitrogens with zero attached hydrogens (tertiary/aromatic N) is 1. The number of aromatic nitrogens is 1. The Kier molecular flexibility index (Phi) is 4.51. The summed E-state index contributed by atoms with van der Waals surface area (Å²) in [4.78, 5) is 5.50. The number of aliphatic hydroxyl groups is 1. The van der Waals surface area contributed by atoms with E-state index in [0.29, 0.717) is 12.0 Å². The molecule has 0 aromatic carbocycles. The first-order valence-corrected chi connectivity index (χ1v) is 5.77. The molecule has 0 aliphatic heterocycles. The van der Waals surface area contributed by atoms with Crippen molar-refractivity contribution in [3.05, 3.63) is 16.1 Å². The van der Waals surface area contributed by atoms with Gasteiger partial charge in [-0.1, -0.05) is 6.92 Å². The summed E-state index contributed by atoms with van der Waals surface area (Å²) in [6, 6.07) is 0.330. The van der Waals surface area contributed by atoms with E-state index in [0.717, 1.165) is 12.2 Å². The van der Waals surface area contributed by atoms with Gasteiger partial charge >= 0.3 is 0 Å². The average molecular weight is 214 g/mol. The van der Waals surface area contributed by atoms with Gasteiger partial charge in [0, 0.05) is 24.1 Å². The van der Waals surface area contributed by atoms with Gasteiger partial charge in [0.25, 0.3) is 0 Å². The highest BCUT2D eigenvalue weighted by Gasteiger charge is 2.11. The molecule has 14 heavy (non-hydrogen) atoms.